The van der Waals surface area contributed by atoms with Gasteiger partial charge < -0.3 is 4.74 Å². The van der Waals surface area contributed by atoms with Crippen molar-refractivity contribution in [1.29, 1.82) is 0 Å². The summed E-state index contributed by atoms with van der Waals surface area (Å²) in [6.45, 7) is 4.00. The lowest BCUT2D eigenvalue weighted by Gasteiger charge is -2.02. The Balaban J connectivity index is 3.28. The summed E-state index contributed by atoms with van der Waals surface area (Å²) in [4.78, 5) is 10.5. The van der Waals surface area contributed by atoms with Gasteiger partial charge in [0.15, 0.2) is 0 Å². The maximum absolute atomic E-state index is 10.5. The molecule has 0 aromatic carbocycles. The van der Waals surface area contributed by atoms with Crippen LogP contribution in [0.1, 0.15) is 20.3 Å². The third kappa shape index (κ3) is 4.28. The summed E-state index contributed by atoms with van der Waals surface area (Å²) in [6, 6.07) is 0. The van der Waals surface area contributed by atoms with Gasteiger partial charge >= 0.3 is 5.97 Å². The lowest BCUT2D eigenvalue weighted by Crippen LogP contribution is -2.14. The molecule has 0 aromatic rings. The fourth-order valence-electron chi connectivity index (χ4n) is 0.317. The molecular weight excluding hydrogens is 140 g/mol. The second kappa shape index (κ2) is 4.62. The van der Waals surface area contributed by atoms with Crippen molar-refractivity contribution in [3.63, 3.8) is 0 Å². The Hall–Kier alpha value is -0.240. The highest BCUT2D eigenvalue weighted by Gasteiger charge is 2.08. The first-order valence-electron chi connectivity index (χ1n) is 2.99. The Labute approximate surface area is 60.1 Å². The van der Waals surface area contributed by atoms with Gasteiger partial charge in [-0.1, -0.05) is 6.92 Å². The van der Waals surface area contributed by atoms with E-state index in [1.807, 2.05) is 6.92 Å². The quantitative estimate of drug-likeness (QED) is 0.451. The molecule has 0 radical (unpaired) electrons. The minimum Gasteiger partial charge on any atom is -0.465 e. The Morgan fingerprint density at radius 2 is 2.33 bits per heavy atom. The first-order valence-corrected chi connectivity index (χ1v) is 3.42. The summed E-state index contributed by atoms with van der Waals surface area (Å²) >= 11 is 5.39. The molecule has 0 fully saturated rings. The van der Waals surface area contributed by atoms with Gasteiger partial charge in [-0.3, -0.25) is 4.79 Å². The molecule has 0 saturated heterocycles. The Morgan fingerprint density at radius 1 is 1.78 bits per heavy atom. The van der Waals surface area contributed by atoms with E-state index in [2.05, 4.69) is 4.74 Å². The summed E-state index contributed by atoms with van der Waals surface area (Å²) in [5, 5.41) is -0.517. The van der Waals surface area contributed by atoms with E-state index in [1.165, 1.54) is 0 Å². The molecule has 2 nitrogen and oxygen atoms in total. The van der Waals surface area contributed by atoms with Crippen molar-refractivity contribution in [2.75, 3.05) is 6.61 Å². The van der Waals surface area contributed by atoms with Gasteiger partial charge in [-0.2, -0.15) is 0 Å². The zero-order chi connectivity index (χ0) is 7.28. The second-order valence-electron chi connectivity index (χ2n) is 1.78. The van der Waals surface area contributed by atoms with Crippen LogP contribution < -0.4 is 0 Å². The van der Waals surface area contributed by atoms with E-state index in [0.717, 1.165) is 6.42 Å². The van der Waals surface area contributed by atoms with Gasteiger partial charge in [-0.05, 0) is 13.3 Å². The van der Waals surface area contributed by atoms with Crippen molar-refractivity contribution in [2.24, 2.45) is 0 Å². The first-order chi connectivity index (χ1) is 4.18. The van der Waals surface area contributed by atoms with Crippen LogP contribution in [0.3, 0.4) is 0 Å². The van der Waals surface area contributed by atoms with E-state index < -0.39 is 5.38 Å². The topological polar surface area (TPSA) is 26.3 Å². The van der Waals surface area contributed by atoms with Gasteiger partial charge in [-0.15, -0.1) is 11.6 Å². The third-order valence-electron chi connectivity index (χ3n) is 0.773. The van der Waals surface area contributed by atoms with Gasteiger partial charge in [-0.25, -0.2) is 0 Å². The Bertz CT molecular complexity index is 91.1. The molecule has 0 N–H and O–H groups in total. The molecule has 1 atom stereocenters. The molecule has 0 aromatic heterocycles. The molecule has 9 heavy (non-hydrogen) atoms. The summed E-state index contributed by atoms with van der Waals surface area (Å²) in [5.41, 5.74) is 0. The van der Waals surface area contributed by atoms with Crippen LogP contribution in [0.15, 0.2) is 0 Å². The maximum atomic E-state index is 10.5. The highest BCUT2D eigenvalue weighted by Crippen LogP contribution is 1.96. The van der Waals surface area contributed by atoms with Gasteiger partial charge in [0.25, 0.3) is 0 Å². The largest absolute Gasteiger partial charge is 0.465 e. The van der Waals surface area contributed by atoms with Gasteiger partial charge in [0.2, 0.25) is 0 Å². The van der Waals surface area contributed by atoms with E-state index in [9.17, 15) is 4.79 Å². The summed E-state index contributed by atoms with van der Waals surface area (Å²) < 4.78 is 4.68. The molecule has 0 unspecified atom stereocenters. The summed E-state index contributed by atoms with van der Waals surface area (Å²) in [5.74, 6) is -0.335. The molecule has 0 amide bonds. The Morgan fingerprint density at radius 3 is 2.67 bits per heavy atom. The molecule has 0 saturated carbocycles. The van der Waals surface area contributed by atoms with Crippen molar-refractivity contribution in [3.8, 4) is 0 Å². The second-order valence-corrected chi connectivity index (χ2v) is 2.44. The number of hydrogen-bond donors (Lipinski definition) is 0. The zero-order valence-corrected chi connectivity index (χ0v) is 6.44. The highest BCUT2D eigenvalue weighted by molar-refractivity contribution is 6.29. The predicted octanol–water partition coefficient (Wildman–Crippen LogP) is 1.57. The maximum Gasteiger partial charge on any atom is 0.323 e. The minimum absolute atomic E-state index is 0.335. The number of ether oxygens (including phenoxy) is 1. The third-order valence-corrected chi connectivity index (χ3v) is 0.951. The van der Waals surface area contributed by atoms with Crippen LogP contribution in [0.25, 0.3) is 0 Å². The summed E-state index contributed by atoms with van der Waals surface area (Å²) in [7, 11) is 0. The standard InChI is InChI=1S/C6H11ClO2/c1-3-4-9-6(8)5(2)7/h5H,3-4H2,1-2H3/t5-/m0/s1. The number of rotatable bonds is 3. The normalized spacial score (nSPS) is 12.8. The Kier molecular flexibility index (Phi) is 4.50. The molecule has 3 heteroatoms. The molecule has 0 aliphatic rings. The number of alkyl halides is 1. The van der Waals surface area contributed by atoms with E-state index >= 15 is 0 Å². The molecule has 0 bridgehead atoms. The molecule has 54 valence electrons. The predicted molar refractivity (Wildman–Crippen MR) is 36.6 cm³/mol. The van der Waals surface area contributed by atoms with Crippen LogP contribution >= 0.6 is 11.6 Å². The molecular formula is C6H11ClO2. The minimum atomic E-state index is -0.517. The van der Waals surface area contributed by atoms with Crippen molar-refractivity contribution in [1.82, 2.24) is 0 Å². The number of esters is 1. The van der Waals surface area contributed by atoms with Crippen molar-refractivity contribution in [3.05, 3.63) is 0 Å². The molecule has 0 aliphatic carbocycles. The SMILES string of the molecule is CCCOC(=O)[C@H](C)Cl. The number of carbonyl (C=O) groups is 1. The average molecular weight is 151 g/mol. The van der Waals surface area contributed by atoms with Gasteiger partial charge in [0.05, 0.1) is 6.61 Å². The van der Waals surface area contributed by atoms with E-state index in [0.29, 0.717) is 6.61 Å². The molecule has 0 aliphatic heterocycles. The average Bonchev–Trinajstić information content (AvgIpc) is 1.82. The number of carbonyl (C=O) groups excluding carboxylic acids is 1. The smallest absolute Gasteiger partial charge is 0.323 e. The fraction of sp³-hybridized carbons (Fsp3) is 0.833. The molecule has 0 heterocycles. The van der Waals surface area contributed by atoms with Crippen molar-refractivity contribution < 1.29 is 9.53 Å². The van der Waals surface area contributed by atoms with E-state index in [4.69, 9.17) is 11.6 Å². The molecule has 0 spiro atoms. The van der Waals surface area contributed by atoms with Crippen LogP contribution in [0.4, 0.5) is 0 Å². The van der Waals surface area contributed by atoms with E-state index in [1.54, 1.807) is 6.92 Å². The first kappa shape index (κ1) is 8.76. The lowest BCUT2D eigenvalue weighted by atomic mass is 10.5. The highest BCUT2D eigenvalue weighted by atomic mass is 35.5. The van der Waals surface area contributed by atoms with Crippen LogP contribution in [-0.4, -0.2) is 18.0 Å². The van der Waals surface area contributed by atoms with Crippen LogP contribution in [0, 0.1) is 0 Å². The monoisotopic (exact) mass is 150 g/mol. The lowest BCUT2D eigenvalue weighted by molar-refractivity contribution is -0.142. The van der Waals surface area contributed by atoms with Crippen LogP contribution in [0.2, 0.25) is 0 Å². The van der Waals surface area contributed by atoms with Gasteiger partial charge in [0.1, 0.15) is 5.38 Å². The summed E-state index contributed by atoms with van der Waals surface area (Å²) in [6.07, 6.45) is 0.843. The van der Waals surface area contributed by atoms with Crippen LogP contribution in [-0.2, 0) is 9.53 Å². The molecule has 0 rings (SSSR count). The number of hydrogen-bond acceptors (Lipinski definition) is 2. The zero-order valence-electron chi connectivity index (χ0n) is 5.69. The van der Waals surface area contributed by atoms with Crippen LogP contribution in [0.5, 0.6) is 0 Å². The number of halogens is 1. The van der Waals surface area contributed by atoms with Gasteiger partial charge in [0, 0.05) is 0 Å². The van der Waals surface area contributed by atoms with E-state index in [-0.39, 0.29) is 5.97 Å². The fourth-order valence-corrected chi connectivity index (χ4v) is 0.380. The van der Waals surface area contributed by atoms with Crippen molar-refractivity contribution >= 4 is 17.6 Å². The van der Waals surface area contributed by atoms with Crippen molar-refractivity contribution in [2.45, 2.75) is 25.6 Å².